The van der Waals surface area contributed by atoms with Crippen molar-refractivity contribution in [3.05, 3.63) is 0 Å². The Labute approximate surface area is 75.5 Å². The first-order chi connectivity index (χ1) is 5.06. The van der Waals surface area contributed by atoms with Crippen LogP contribution in [0.15, 0.2) is 0 Å². The lowest BCUT2D eigenvalue weighted by Crippen LogP contribution is -2.35. The van der Waals surface area contributed by atoms with Gasteiger partial charge in [0.25, 0.3) is 0 Å². The molecule has 0 aromatic carbocycles. The molecule has 3 unspecified atom stereocenters. The molecule has 3 atom stereocenters. The Morgan fingerprint density at radius 3 is 2.09 bits per heavy atom. The van der Waals surface area contributed by atoms with E-state index in [4.69, 9.17) is 11.6 Å². The van der Waals surface area contributed by atoms with E-state index in [1.165, 1.54) is 6.42 Å². The van der Waals surface area contributed by atoms with Gasteiger partial charge in [-0.2, -0.15) is 0 Å². The van der Waals surface area contributed by atoms with E-state index in [1.807, 2.05) is 6.92 Å². The fraction of sp³-hybridized carbons (Fsp3) is 1.00. The van der Waals surface area contributed by atoms with Crippen molar-refractivity contribution in [1.82, 2.24) is 5.32 Å². The summed E-state index contributed by atoms with van der Waals surface area (Å²) in [6.45, 7) is 8.62. The second kappa shape index (κ2) is 5.84. The SMILES string of the molecule is CCC(C)NC(C)CC(C)Cl. The molecular weight excluding hydrogens is 158 g/mol. The van der Waals surface area contributed by atoms with E-state index >= 15 is 0 Å². The van der Waals surface area contributed by atoms with Crippen molar-refractivity contribution >= 4 is 11.6 Å². The highest BCUT2D eigenvalue weighted by Gasteiger charge is 2.07. The molecule has 68 valence electrons. The molecule has 0 saturated heterocycles. The molecule has 0 aromatic rings. The maximum Gasteiger partial charge on any atom is 0.0322 e. The molecule has 11 heavy (non-hydrogen) atoms. The van der Waals surface area contributed by atoms with Gasteiger partial charge in [-0.3, -0.25) is 0 Å². The van der Waals surface area contributed by atoms with Crippen molar-refractivity contribution in [2.45, 2.75) is 58.0 Å². The Morgan fingerprint density at radius 1 is 1.18 bits per heavy atom. The Hall–Kier alpha value is 0.250. The molecule has 1 N–H and O–H groups in total. The van der Waals surface area contributed by atoms with Gasteiger partial charge in [0.1, 0.15) is 0 Å². The summed E-state index contributed by atoms with van der Waals surface area (Å²) >= 11 is 5.86. The molecule has 0 aromatic heterocycles. The molecule has 2 heteroatoms. The van der Waals surface area contributed by atoms with Gasteiger partial charge in [-0.1, -0.05) is 6.92 Å². The van der Waals surface area contributed by atoms with Crippen molar-refractivity contribution < 1.29 is 0 Å². The number of nitrogens with one attached hydrogen (secondary N) is 1. The number of halogens is 1. The van der Waals surface area contributed by atoms with Gasteiger partial charge in [-0.25, -0.2) is 0 Å². The van der Waals surface area contributed by atoms with E-state index in [0.717, 1.165) is 6.42 Å². The first-order valence-electron chi connectivity index (χ1n) is 4.46. The smallest absolute Gasteiger partial charge is 0.0322 e. The molecule has 0 aliphatic heterocycles. The van der Waals surface area contributed by atoms with E-state index < -0.39 is 0 Å². The quantitative estimate of drug-likeness (QED) is 0.637. The lowest BCUT2D eigenvalue weighted by atomic mass is 10.1. The number of hydrogen-bond donors (Lipinski definition) is 1. The van der Waals surface area contributed by atoms with Crippen LogP contribution in [-0.4, -0.2) is 17.5 Å². The zero-order valence-corrected chi connectivity index (χ0v) is 8.78. The summed E-state index contributed by atoms with van der Waals surface area (Å²) in [4.78, 5) is 0. The normalized spacial score (nSPS) is 19.4. The summed E-state index contributed by atoms with van der Waals surface area (Å²) in [5.74, 6) is 0. The molecule has 0 rings (SSSR count). The van der Waals surface area contributed by atoms with Crippen LogP contribution in [0.3, 0.4) is 0 Å². The Morgan fingerprint density at radius 2 is 1.73 bits per heavy atom. The first-order valence-corrected chi connectivity index (χ1v) is 4.90. The largest absolute Gasteiger partial charge is 0.312 e. The minimum atomic E-state index is 0.279. The van der Waals surface area contributed by atoms with E-state index in [-0.39, 0.29) is 5.38 Å². The highest BCUT2D eigenvalue weighted by atomic mass is 35.5. The van der Waals surface area contributed by atoms with Crippen LogP contribution in [0.25, 0.3) is 0 Å². The predicted molar refractivity (Wildman–Crippen MR) is 52.3 cm³/mol. The molecule has 0 aliphatic carbocycles. The summed E-state index contributed by atoms with van der Waals surface area (Å²) in [7, 11) is 0. The van der Waals surface area contributed by atoms with E-state index in [1.54, 1.807) is 0 Å². The van der Waals surface area contributed by atoms with Gasteiger partial charge in [0.15, 0.2) is 0 Å². The number of hydrogen-bond acceptors (Lipinski definition) is 1. The lowest BCUT2D eigenvalue weighted by Gasteiger charge is -2.19. The number of alkyl halides is 1. The zero-order valence-electron chi connectivity index (χ0n) is 8.02. The zero-order chi connectivity index (χ0) is 8.85. The molecular formula is C9H20ClN. The Bertz CT molecular complexity index is 93.6. The molecule has 0 fully saturated rings. The van der Waals surface area contributed by atoms with Crippen LogP contribution < -0.4 is 5.32 Å². The lowest BCUT2D eigenvalue weighted by molar-refractivity contribution is 0.437. The van der Waals surface area contributed by atoms with Crippen LogP contribution in [0, 0.1) is 0 Å². The van der Waals surface area contributed by atoms with Gasteiger partial charge in [0, 0.05) is 17.5 Å². The minimum absolute atomic E-state index is 0.279. The topological polar surface area (TPSA) is 12.0 Å². The second-order valence-corrected chi connectivity index (χ2v) is 4.14. The van der Waals surface area contributed by atoms with Crippen LogP contribution in [-0.2, 0) is 0 Å². The average molecular weight is 178 g/mol. The molecule has 0 amide bonds. The second-order valence-electron chi connectivity index (χ2n) is 3.39. The summed E-state index contributed by atoms with van der Waals surface area (Å²) in [6.07, 6.45) is 2.23. The van der Waals surface area contributed by atoms with Crippen LogP contribution in [0.2, 0.25) is 0 Å². The Balaban J connectivity index is 3.43. The maximum absolute atomic E-state index is 5.86. The van der Waals surface area contributed by atoms with Crippen LogP contribution in [0.4, 0.5) is 0 Å². The average Bonchev–Trinajstić information content (AvgIpc) is 1.85. The summed E-state index contributed by atoms with van der Waals surface area (Å²) in [5.41, 5.74) is 0. The van der Waals surface area contributed by atoms with Crippen LogP contribution >= 0.6 is 11.6 Å². The highest BCUT2D eigenvalue weighted by molar-refractivity contribution is 6.20. The fourth-order valence-corrected chi connectivity index (χ4v) is 1.43. The molecule has 0 radical (unpaired) electrons. The third-order valence-electron chi connectivity index (χ3n) is 1.86. The van der Waals surface area contributed by atoms with Crippen molar-refractivity contribution in [3.63, 3.8) is 0 Å². The fourth-order valence-electron chi connectivity index (χ4n) is 1.16. The van der Waals surface area contributed by atoms with Crippen molar-refractivity contribution in [3.8, 4) is 0 Å². The molecule has 0 spiro atoms. The monoisotopic (exact) mass is 177 g/mol. The van der Waals surface area contributed by atoms with Gasteiger partial charge in [0.05, 0.1) is 0 Å². The van der Waals surface area contributed by atoms with Crippen LogP contribution in [0.5, 0.6) is 0 Å². The van der Waals surface area contributed by atoms with Crippen molar-refractivity contribution in [1.29, 1.82) is 0 Å². The molecule has 0 aliphatic rings. The summed E-state index contributed by atoms with van der Waals surface area (Å²) < 4.78 is 0. The van der Waals surface area contributed by atoms with E-state index in [9.17, 15) is 0 Å². The molecule has 1 nitrogen and oxygen atoms in total. The van der Waals surface area contributed by atoms with Crippen molar-refractivity contribution in [2.24, 2.45) is 0 Å². The van der Waals surface area contributed by atoms with Gasteiger partial charge in [-0.15, -0.1) is 11.6 Å². The van der Waals surface area contributed by atoms with Gasteiger partial charge < -0.3 is 5.32 Å². The molecule has 0 saturated carbocycles. The minimum Gasteiger partial charge on any atom is -0.312 e. The van der Waals surface area contributed by atoms with E-state index in [0.29, 0.717) is 12.1 Å². The standard InChI is InChI=1S/C9H20ClN/c1-5-8(3)11-9(4)6-7(2)10/h7-9,11H,5-6H2,1-4H3. The van der Waals surface area contributed by atoms with Crippen LogP contribution in [0.1, 0.15) is 40.5 Å². The third kappa shape index (κ3) is 6.64. The first kappa shape index (κ1) is 11.2. The maximum atomic E-state index is 5.86. The third-order valence-corrected chi connectivity index (χ3v) is 2.04. The summed E-state index contributed by atoms with van der Waals surface area (Å²) in [5, 5.41) is 3.76. The molecule has 0 heterocycles. The van der Waals surface area contributed by atoms with Gasteiger partial charge in [-0.05, 0) is 33.6 Å². The highest BCUT2D eigenvalue weighted by Crippen LogP contribution is 2.05. The Kier molecular flexibility index (Phi) is 5.98. The predicted octanol–water partition coefficient (Wildman–Crippen LogP) is 2.78. The van der Waals surface area contributed by atoms with E-state index in [2.05, 4.69) is 26.1 Å². The van der Waals surface area contributed by atoms with Crippen molar-refractivity contribution in [2.75, 3.05) is 0 Å². The van der Waals surface area contributed by atoms with Gasteiger partial charge >= 0.3 is 0 Å². The summed E-state index contributed by atoms with van der Waals surface area (Å²) in [6, 6.07) is 1.15. The number of rotatable bonds is 5. The molecule has 0 bridgehead atoms. The van der Waals surface area contributed by atoms with Gasteiger partial charge in [0.2, 0.25) is 0 Å².